The SMILES string of the molecule is CC(C)(C)OC(=O)NCCCNC1CCC2c3cc(Br)ccc3NC12. The van der Waals surface area contributed by atoms with E-state index in [9.17, 15) is 4.79 Å². The Kier molecular flexibility index (Phi) is 5.58. The summed E-state index contributed by atoms with van der Waals surface area (Å²) in [5.41, 5.74) is 2.27. The number of rotatable bonds is 5. The molecule has 1 saturated carbocycles. The molecule has 6 heteroatoms. The normalized spacial score (nSPS) is 24.4. The number of anilines is 1. The van der Waals surface area contributed by atoms with Gasteiger partial charge in [-0.25, -0.2) is 4.79 Å². The Morgan fingerprint density at radius 1 is 1.32 bits per heavy atom. The lowest BCUT2D eigenvalue weighted by atomic mass is 9.97. The molecule has 5 nitrogen and oxygen atoms in total. The van der Waals surface area contributed by atoms with Crippen LogP contribution in [0.2, 0.25) is 0 Å². The third-order valence-electron chi connectivity index (χ3n) is 4.82. The van der Waals surface area contributed by atoms with Crippen LogP contribution >= 0.6 is 15.9 Å². The zero-order valence-corrected chi connectivity index (χ0v) is 16.8. The number of carbonyl (C=O) groups is 1. The molecule has 138 valence electrons. The van der Waals surface area contributed by atoms with Crippen LogP contribution in [0.1, 0.15) is 51.5 Å². The lowest BCUT2D eigenvalue weighted by Gasteiger charge is -2.22. The average Bonchev–Trinajstić information content (AvgIpc) is 3.05. The van der Waals surface area contributed by atoms with E-state index in [4.69, 9.17) is 4.74 Å². The second-order valence-electron chi connectivity index (χ2n) is 7.93. The van der Waals surface area contributed by atoms with E-state index in [1.54, 1.807) is 0 Å². The van der Waals surface area contributed by atoms with Crippen molar-refractivity contribution in [3.63, 3.8) is 0 Å². The second-order valence-corrected chi connectivity index (χ2v) is 8.84. The Morgan fingerprint density at radius 2 is 2.12 bits per heavy atom. The van der Waals surface area contributed by atoms with Gasteiger partial charge in [0.2, 0.25) is 0 Å². The molecular weight excluding hydrogens is 382 g/mol. The summed E-state index contributed by atoms with van der Waals surface area (Å²) >= 11 is 3.58. The first-order valence-electron chi connectivity index (χ1n) is 9.10. The van der Waals surface area contributed by atoms with Crippen molar-refractivity contribution in [1.82, 2.24) is 10.6 Å². The number of amides is 1. The summed E-state index contributed by atoms with van der Waals surface area (Å²) in [6, 6.07) is 7.47. The average molecular weight is 410 g/mol. The van der Waals surface area contributed by atoms with Gasteiger partial charge in [-0.05, 0) is 70.3 Å². The van der Waals surface area contributed by atoms with Gasteiger partial charge in [0.15, 0.2) is 0 Å². The second kappa shape index (κ2) is 7.54. The quantitative estimate of drug-likeness (QED) is 0.643. The van der Waals surface area contributed by atoms with Crippen molar-refractivity contribution in [3.05, 3.63) is 28.2 Å². The molecule has 1 fully saturated rings. The summed E-state index contributed by atoms with van der Waals surface area (Å²) < 4.78 is 6.39. The Hall–Kier alpha value is -1.27. The minimum absolute atomic E-state index is 0.341. The molecule has 0 radical (unpaired) electrons. The van der Waals surface area contributed by atoms with Gasteiger partial charge in [0.1, 0.15) is 5.60 Å². The summed E-state index contributed by atoms with van der Waals surface area (Å²) in [6.45, 7) is 7.14. The molecule has 2 aliphatic rings. The van der Waals surface area contributed by atoms with Crippen molar-refractivity contribution >= 4 is 27.7 Å². The van der Waals surface area contributed by atoms with Gasteiger partial charge in [-0.1, -0.05) is 15.9 Å². The summed E-state index contributed by atoms with van der Waals surface area (Å²) in [6.07, 6.45) is 2.96. The molecule has 0 saturated heterocycles. The lowest BCUT2D eigenvalue weighted by Crippen LogP contribution is -2.41. The smallest absolute Gasteiger partial charge is 0.407 e. The topological polar surface area (TPSA) is 62.4 Å². The van der Waals surface area contributed by atoms with Gasteiger partial charge < -0.3 is 20.7 Å². The molecule has 1 aromatic carbocycles. The maximum atomic E-state index is 11.6. The molecule has 1 aromatic rings. The third-order valence-corrected chi connectivity index (χ3v) is 5.31. The Morgan fingerprint density at radius 3 is 2.88 bits per heavy atom. The van der Waals surface area contributed by atoms with E-state index in [0.29, 0.717) is 24.5 Å². The van der Waals surface area contributed by atoms with Gasteiger partial charge in [-0.2, -0.15) is 0 Å². The number of carbonyl (C=O) groups excluding carboxylic acids is 1. The molecule has 0 bridgehead atoms. The molecular formula is C19H28BrN3O2. The van der Waals surface area contributed by atoms with E-state index in [1.165, 1.54) is 24.1 Å². The van der Waals surface area contributed by atoms with Crippen LogP contribution in [0.3, 0.4) is 0 Å². The van der Waals surface area contributed by atoms with Crippen molar-refractivity contribution in [2.24, 2.45) is 0 Å². The minimum atomic E-state index is -0.445. The van der Waals surface area contributed by atoms with Gasteiger partial charge in [0.05, 0.1) is 0 Å². The van der Waals surface area contributed by atoms with Crippen molar-refractivity contribution in [1.29, 1.82) is 0 Å². The van der Waals surface area contributed by atoms with Gasteiger partial charge in [0.25, 0.3) is 0 Å². The first-order valence-corrected chi connectivity index (χ1v) is 9.89. The van der Waals surface area contributed by atoms with E-state index in [2.05, 4.69) is 50.1 Å². The predicted molar refractivity (Wildman–Crippen MR) is 104 cm³/mol. The number of benzene rings is 1. The fourth-order valence-electron chi connectivity index (χ4n) is 3.81. The largest absolute Gasteiger partial charge is 0.444 e. The van der Waals surface area contributed by atoms with Gasteiger partial charge in [-0.15, -0.1) is 0 Å². The molecule has 3 atom stereocenters. The monoisotopic (exact) mass is 409 g/mol. The molecule has 1 heterocycles. The van der Waals surface area contributed by atoms with Crippen LogP contribution < -0.4 is 16.0 Å². The Bertz CT molecular complexity index is 630. The van der Waals surface area contributed by atoms with E-state index in [0.717, 1.165) is 17.4 Å². The van der Waals surface area contributed by atoms with Crippen LogP contribution in [0.15, 0.2) is 22.7 Å². The van der Waals surface area contributed by atoms with Gasteiger partial charge >= 0.3 is 6.09 Å². The minimum Gasteiger partial charge on any atom is -0.444 e. The lowest BCUT2D eigenvalue weighted by molar-refractivity contribution is 0.0527. The van der Waals surface area contributed by atoms with Crippen LogP contribution in [0, 0.1) is 0 Å². The zero-order chi connectivity index (χ0) is 18.0. The Labute approximate surface area is 158 Å². The number of nitrogens with one attached hydrogen (secondary N) is 3. The van der Waals surface area contributed by atoms with Crippen LogP contribution in [0.5, 0.6) is 0 Å². The van der Waals surface area contributed by atoms with Crippen molar-refractivity contribution in [2.75, 3.05) is 18.4 Å². The predicted octanol–water partition coefficient (Wildman–Crippen LogP) is 3.99. The molecule has 3 N–H and O–H groups in total. The summed E-state index contributed by atoms with van der Waals surface area (Å²) in [7, 11) is 0. The number of fused-ring (bicyclic) bond motifs is 3. The van der Waals surface area contributed by atoms with E-state index >= 15 is 0 Å². The zero-order valence-electron chi connectivity index (χ0n) is 15.2. The number of hydrogen-bond donors (Lipinski definition) is 3. The molecule has 3 rings (SSSR count). The van der Waals surface area contributed by atoms with Crippen LogP contribution in [0.25, 0.3) is 0 Å². The van der Waals surface area contributed by atoms with Gasteiger partial charge in [-0.3, -0.25) is 0 Å². The first-order chi connectivity index (χ1) is 11.8. The molecule has 0 aromatic heterocycles. The highest BCUT2D eigenvalue weighted by atomic mass is 79.9. The van der Waals surface area contributed by atoms with Crippen molar-refractivity contribution in [2.45, 2.75) is 63.6 Å². The third kappa shape index (κ3) is 4.67. The molecule has 25 heavy (non-hydrogen) atoms. The molecule has 1 aliphatic heterocycles. The number of hydrogen-bond acceptors (Lipinski definition) is 4. The molecule has 3 unspecified atom stereocenters. The van der Waals surface area contributed by atoms with E-state index < -0.39 is 5.60 Å². The Balaban J connectivity index is 1.39. The number of alkyl carbamates (subject to hydrolysis) is 1. The highest BCUT2D eigenvalue weighted by Crippen LogP contribution is 2.46. The van der Waals surface area contributed by atoms with E-state index in [-0.39, 0.29) is 6.09 Å². The summed E-state index contributed by atoms with van der Waals surface area (Å²) in [4.78, 5) is 11.6. The number of ether oxygens (including phenoxy) is 1. The standard InChI is InChI=1S/C19H28BrN3O2/c1-19(2,3)25-18(24)22-10-4-9-21-16-8-6-13-14-11-12(20)5-7-15(14)23-17(13)16/h5,7,11,13,16-17,21,23H,4,6,8-10H2,1-3H3,(H,22,24). The highest BCUT2D eigenvalue weighted by Gasteiger charge is 2.41. The fourth-order valence-corrected chi connectivity index (χ4v) is 4.19. The summed E-state index contributed by atoms with van der Waals surface area (Å²) in [5.74, 6) is 0.602. The maximum Gasteiger partial charge on any atom is 0.407 e. The first kappa shape index (κ1) is 18.5. The van der Waals surface area contributed by atoms with Crippen molar-refractivity contribution in [3.8, 4) is 0 Å². The van der Waals surface area contributed by atoms with E-state index in [1.807, 2.05) is 20.8 Å². The maximum absolute atomic E-state index is 11.6. The molecule has 1 amide bonds. The van der Waals surface area contributed by atoms with Crippen molar-refractivity contribution < 1.29 is 9.53 Å². The number of halogens is 1. The fraction of sp³-hybridized carbons (Fsp3) is 0.632. The molecule has 1 aliphatic carbocycles. The van der Waals surface area contributed by atoms with Gasteiger partial charge in [0, 0.05) is 34.7 Å². The van der Waals surface area contributed by atoms with Crippen LogP contribution in [0.4, 0.5) is 10.5 Å². The molecule has 0 spiro atoms. The van der Waals surface area contributed by atoms with Crippen LogP contribution in [-0.2, 0) is 4.74 Å². The summed E-state index contributed by atoms with van der Waals surface area (Å²) in [5, 5.41) is 10.2. The van der Waals surface area contributed by atoms with Crippen LogP contribution in [-0.4, -0.2) is 36.9 Å². The highest BCUT2D eigenvalue weighted by molar-refractivity contribution is 9.10.